The van der Waals surface area contributed by atoms with E-state index in [9.17, 15) is 5.11 Å². The van der Waals surface area contributed by atoms with Gasteiger partial charge in [0.05, 0.1) is 13.2 Å². The van der Waals surface area contributed by atoms with Crippen molar-refractivity contribution in [3.8, 4) is 0 Å². The maximum absolute atomic E-state index is 10.8. The van der Waals surface area contributed by atoms with E-state index in [2.05, 4.69) is 43.3 Å². The standard InChI is InChI=1S/C40H58O3.C2H4O2/c1-2-3-4-5-6-7-8-9-10-11-12-13-14-15-16-26-33-42-34-39(41)35-43-40(36-27-20-17-21-28-36,37-29-22-18-23-30-37)38-31-24-19-25-32-38;1-2(3)4/h17-25,27-32,39,41H,2-16,26,33-35H2,1H3;1H3,(H,3,4). The molecule has 0 aliphatic carbocycles. The Hall–Kier alpha value is -2.99. The molecule has 5 nitrogen and oxygen atoms in total. The third kappa shape index (κ3) is 17.1. The summed E-state index contributed by atoms with van der Waals surface area (Å²) in [6.45, 7) is 4.52. The van der Waals surface area contributed by atoms with Gasteiger partial charge < -0.3 is 19.7 Å². The van der Waals surface area contributed by atoms with Crippen LogP contribution in [0.5, 0.6) is 0 Å². The molecule has 2 N–H and O–H groups in total. The lowest BCUT2D eigenvalue weighted by Crippen LogP contribution is -2.36. The topological polar surface area (TPSA) is 76.0 Å². The predicted molar refractivity (Wildman–Crippen MR) is 195 cm³/mol. The number of carboxylic acid groups (broad SMARTS) is 1. The first-order valence-electron chi connectivity index (χ1n) is 18.3. The Bertz CT molecular complexity index is 1030. The molecule has 5 heteroatoms. The van der Waals surface area contributed by atoms with Gasteiger partial charge in [0.15, 0.2) is 0 Å². The van der Waals surface area contributed by atoms with Crippen molar-refractivity contribution < 1.29 is 24.5 Å². The van der Waals surface area contributed by atoms with Crippen molar-refractivity contribution in [2.24, 2.45) is 0 Å². The number of benzene rings is 3. The van der Waals surface area contributed by atoms with Gasteiger partial charge in [-0.05, 0) is 23.1 Å². The van der Waals surface area contributed by atoms with Crippen LogP contribution in [0.2, 0.25) is 0 Å². The highest BCUT2D eigenvalue weighted by molar-refractivity contribution is 5.63. The van der Waals surface area contributed by atoms with Crippen LogP contribution in [0.1, 0.15) is 133 Å². The van der Waals surface area contributed by atoms with Gasteiger partial charge in [-0.15, -0.1) is 0 Å². The van der Waals surface area contributed by atoms with Crippen molar-refractivity contribution in [2.75, 3.05) is 19.8 Å². The predicted octanol–water partition coefficient (Wildman–Crippen LogP) is 10.7. The highest BCUT2D eigenvalue weighted by Gasteiger charge is 2.38. The van der Waals surface area contributed by atoms with E-state index in [-0.39, 0.29) is 13.2 Å². The number of aliphatic hydroxyl groups excluding tert-OH is 1. The van der Waals surface area contributed by atoms with Crippen LogP contribution in [0.4, 0.5) is 0 Å². The van der Waals surface area contributed by atoms with Crippen LogP contribution in [0.15, 0.2) is 91.0 Å². The van der Waals surface area contributed by atoms with Gasteiger partial charge in [-0.1, -0.05) is 194 Å². The zero-order valence-electron chi connectivity index (χ0n) is 29.3. The summed E-state index contributed by atoms with van der Waals surface area (Å²) < 4.78 is 12.6. The van der Waals surface area contributed by atoms with Crippen molar-refractivity contribution in [3.05, 3.63) is 108 Å². The summed E-state index contributed by atoms with van der Waals surface area (Å²) in [4.78, 5) is 9.00. The number of carbonyl (C=O) groups is 1. The van der Waals surface area contributed by atoms with Crippen molar-refractivity contribution >= 4 is 5.97 Å². The average molecular weight is 647 g/mol. The van der Waals surface area contributed by atoms with E-state index < -0.39 is 17.7 Å². The SMILES string of the molecule is CC(=O)O.CCCCCCCCCCCCCCCCCCOCC(O)COC(c1ccccc1)(c1ccccc1)c1ccccc1. The van der Waals surface area contributed by atoms with Crippen molar-refractivity contribution in [2.45, 2.75) is 128 Å². The molecule has 0 aliphatic rings. The van der Waals surface area contributed by atoms with E-state index in [1.54, 1.807) is 0 Å². The average Bonchev–Trinajstić information content (AvgIpc) is 3.09. The monoisotopic (exact) mass is 646 g/mol. The molecule has 3 rings (SSSR count). The van der Waals surface area contributed by atoms with Crippen LogP contribution in [-0.2, 0) is 19.9 Å². The molecule has 0 aliphatic heterocycles. The van der Waals surface area contributed by atoms with Gasteiger partial charge >= 0.3 is 0 Å². The van der Waals surface area contributed by atoms with Gasteiger partial charge in [-0.2, -0.15) is 0 Å². The summed E-state index contributed by atoms with van der Waals surface area (Å²) in [7, 11) is 0. The first kappa shape index (κ1) is 40.2. The van der Waals surface area contributed by atoms with Crippen molar-refractivity contribution in [1.82, 2.24) is 0 Å². The van der Waals surface area contributed by atoms with E-state index in [1.807, 2.05) is 54.6 Å². The highest BCUT2D eigenvalue weighted by Crippen LogP contribution is 2.40. The molecular formula is C42H62O5. The van der Waals surface area contributed by atoms with Crippen LogP contribution >= 0.6 is 0 Å². The number of rotatable bonds is 25. The van der Waals surface area contributed by atoms with E-state index in [1.165, 1.54) is 96.3 Å². The molecule has 0 fully saturated rings. The summed E-state index contributed by atoms with van der Waals surface area (Å²) in [5, 5.41) is 18.3. The molecule has 47 heavy (non-hydrogen) atoms. The summed E-state index contributed by atoms with van der Waals surface area (Å²) in [5.74, 6) is -0.833. The van der Waals surface area contributed by atoms with Gasteiger partial charge in [-0.3, -0.25) is 4.79 Å². The first-order valence-corrected chi connectivity index (χ1v) is 18.3. The Morgan fingerprint density at radius 3 is 1.23 bits per heavy atom. The Morgan fingerprint density at radius 2 is 0.894 bits per heavy atom. The zero-order chi connectivity index (χ0) is 33.8. The van der Waals surface area contributed by atoms with Crippen molar-refractivity contribution in [3.63, 3.8) is 0 Å². The number of hydrogen-bond donors (Lipinski definition) is 2. The van der Waals surface area contributed by atoms with E-state index >= 15 is 0 Å². The van der Waals surface area contributed by atoms with Crippen molar-refractivity contribution in [1.29, 1.82) is 0 Å². The summed E-state index contributed by atoms with van der Waals surface area (Å²) in [6, 6.07) is 30.9. The number of aliphatic carboxylic acids is 1. The molecule has 3 aromatic carbocycles. The van der Waals surface area contributed by atoms with Crippen LogP contribution in [-0.4, -0.2) is 42.1 Å². The Balaban J connectivity index is 0.00000181. The fourth-order valence-corrected chi connectivity index (χ4v) is 6.01. The van der Waals surface area contributed by atoms with Crippen LogP contribution in [0.3, 0.4) is 0 Å². The number of carboxylic acids is 1. The van der Waals surface area contributed by atoms with E-state index in [0.29, 0.717) is 6.61 Å². The smallest absolute Gasteiger partial charge is 0.300 e. The Kier molecular flexibility index (Phi) is 22.2. The van der Waals surface area contributed by atoms with Crippen LogP contribution in [0.25, 0.3) is 0 Å². The minimum absolute atomic E-state index is 0.178. The second kappa shape index (κ2) is 26.0. The zero-order valence-corrected chi connectivity index (χ0v) is 29.3. The first-order chi connectivity index (χ1) is 23.0. The van der Waals surface area contributed by atoms with E-state index in [0.717, 1.165) is 30.0 Å². The van der Waals surface area contributed by atoms with Gasteiger partial charge in [0.2, 0.25) is 0 Å². The maximum atomic E-state index is 10.8. The fraction of sp³-hybridized carbons (Fsp3) is 0.548. The summed E-state index contributed by atoms with van der Waals surface area (Å²) in [6.07, 6.45) is 21.1. The number of unbranched alkanes of at least 4 members (excludes halogenated alkanes) is 15. The second-order valence-corrected chi connectivity index (χ2v) is 12.6. The molecule has 1 atom stereocenters. The van der Waals surface area contributed by atoms with Gasteiger partial charge in [0.1, 0.15) is 11.7 Å². The van der Waals surface area contributed by atoms with Gasteiger partial charge in [0, 0.05) is 13.5 Å². The molecule has 0 saturated heterocycles. The minimum atomic E-state index is -0.833. The highest BCUT2D eigenvalue weighted by atomic mass is 16.5. The van der Waals surface area contributed by atoms with Gasteiger partial charge in [0.25, 0.3) is 5.97 Å². The van der Waals surface area contributed by atoms with Gasteiger partial charge in [-0.25, -0.2) is 0 Å². The molecular weight excluding hydrogens is 584 g/mol. The summed E-state index contributed by atoms with van der Waals surface area (Å²) >= 11 is 0. The lowest BCUT2D eigenvalue weighted by Gasteiger charge is -2.36. The number of aliphatic hydroxyl groups is 1. The van der Waals surface area contributed by atoms with Crippen LogP contribution < -0.4 is 0 Å². The number of hydrogen-bond acceptors (Lipinski definition) is 4. The summed E-state index contributed by atoms with van der Waals surface area (Å²) in [5.41, 5.74) is 2.29. The Labute approximate surface area is 285 Å². The fourth-order valence-electron chi connectivity index (χ4n) is 6.01. The molecule has 3 aromatic rings. The third-order valence-corrected chi connectivity index (χ3v) is 8.49. The molecule has 0 spiro atoms. The molecule has 0 saturated carbocycles. The minimum Gasteiger partial charge on any atom is -0.481 e. The largest absolute Gasteiger partial charge is 0.481 e. The quantitative estimate of drug-likeness (QED) is 0.0707. The molecule has 0 heterocycles. The second-order valence-electron chi connectivity index (χ2n) is 12.6. The van der Waals surface area contributed by atoms with Crippen LogP contribution in [0, 0.1) is 0 Å². The lowest BCUT2D eigenvalue weighted by molar-refractivity contribution is -0.134. The molecule has 0 amide bonds. The van der Waals surface area contributed by atoms with E-state index in [4.69, 9.17) is 19.4 Å². The molecule has 0 radical (unpaired) electrons. The molecule has 260 valence electrons. The third-order valence-electron chi connectivity index (χ3n) is 8.49. The maximum Gasteiger partial charge on any atom is 0.300 e. The number of ether oxygens (including phenoxy) is 2. The molecule has 0 aromatic heterocycles. The lowest BCUT2D eigenvalue weighted by atomic mass is 9.80. The Morgan fingerprint density at radius 1 is 0.574 bits per heavy atom. The molecule has 1 unspecified atom stereocenters. The normalized spacial score (nSPS) is 11.9. The molecule has 0 bridgehead atoms.